The number of aliphatic hydroxyl groups excluding tert-OH is 1. The lowest BCUT2D eigenvalue weighted by Crippen LogP contribution is -2.52. The zero-order chi connectivity index (χ0) is 31.2. The van der Waals surface area contributed by atoms with Crippen molar-refractivity contribution >= 4 is 28.2 Å². The van der Waals surface area contributed by atoms with Gasteiger partial charge in [0.05, 0.1) is 28.9 Å². The van der Waals surface area contributed by atoms with Gasteiger partial charge in [0, 0.05) is 19.3 Å². The van der Waals surface area contributed by atoms with Crippen molar-refractivity contribution in [3.8, 4) is 0 Å². The quantitative estimate of drug-likeness (QED) is 0.115. The molecule has 0 radical (unpaired) electrons. The Morgan fingerprint density at radius 3 is 2.35 bits per heavy atom. The molecule has 2 aromatic carbocycles. The highest BCUT2D eigenvalue weighted by molar-refractivity contribution is 7.89. The number of nitrogens with one attached hydrogen (secondary N) is 2. The number of rotatable bonds is 15. The zero-order valence-electron chi connectivity index (χ0n) is 24.0. The minimum atomic E-state index is -4.03. The first kappa shape index (κ1) is 33.2. The van der Waals surface area contributed by atoms with E-state index in [0.717, 1.165) is 5.56 Å². The minimum Gasteiger partial charge on any atom is -0.443 e. The molecule has 2 atom stereocenters. The number of nitrogens with zero attached hydrogens (tertiary/aromatic N) is 3. The fraction of sp³-hybridized carbons (Fsp3) is 0.333. The number of amides is 2. The zero-order valence-corrected chi connectivity index (χ0v) is 24.9. The molecular formula is C30H37N5O7S. The molecule has 12 nitrogen and oxygen atoms in total. The van der Waals surface area contributed by atoms with Gasteiger partial charge in [-0.2, -0.15) is 4.31 Å². The number of ether oxygens (including phenoxy) is 1. The molecule has 0 saturated carbocycles. The maximum Gasteiger partial charge on any atom is 0.407 e. The van der Waals surface area contributed by atoms with Gasteiger partial charge in [0.15, 0.2) is 0 Å². The van der Waals surface area contributed by atoms with Crippen LogP contribution in [-0.4, -0.2) is 78.0 Å². The summed E-state index contributed by atoms with van der Waals surface area (Å²) in [6.07, 6.45) is 0.849. The highest BCUT2D eigenvalue weighted by Gasteiger charge is 2.31. The van der Waals surface area contributed by atoms with Crippen LogP contribution >= 0.6 is 0 Å². The second-order valence-corrected chi connectivity index (χ2v) is 12.1. The third-order valence-electron chi connectivity index (χ3n) is 6.26. The molecule has 13 heteroatoms. The summed E-state index contributed by atoms with van der Waals surface area (Å²) in [5.41, 5.74) is 1.87. The predicted octanol–water partition coefficient (Wildman–Crippen LogP) is 2.55. The molecular weight excluding hydrogens is 574 g/mol. The average molecular weight is 612 g/mol. The molecule has 230 valence electrons. The first-order valence-corrected chi connectivity index (χ1v) is 15.1. The third-order valence-corrected chi connectivity index (χ3v) is 8.11. The Morgan fingerprint density at radius 2 is 1.72 bits per heavy atom. The molecule has 0 spiro atoms. The number of hydrogen-bond donors (Lipinski definition) is 4. The van der Waals surface area contributed by atoms with Crippen LogP contribution < -0.4 is 10.6 Å². The lowest BCUT2D eigenvalue weighted by Gasteiger charge is -2.30. The van der Waals surface area contributed by atoms with Crippen molar-refractivity contribution in [1.82, 2.24) is 19.9 Å². The van der Waals surface area contributed by atoms with E-state index in [1.807, 2.05) is 44.2 Å². The van der Waals surface area contributed by atoms with E-state index in [9.17, 15) is 23.1 Å². The number of carbonyl (C=O) groups excluding carboxylic acids is 2. The summed E-state index contributed by atoms with van der Waals surface area (Å²) in [6, 6.07) is 19.2. The van der Waals surface area contributed by atoms with Crippen LogP contribution in [0.15, 0.2) is 89.0 Å². The largest absolute Gasteiger partial charge is 0.443 e. The van der Waals surface area contributed by atoms with Crippen molar-refractivity contribution in [2.24, 2.45) is 11.1 Å². The number of benzene rings is 2. The van der Waals surface area contributed by atoms with Crippen molar-refractivity contribution in [3.63, 3.8) is 0 Å². The fourth-order valence-corrected chi connectivity index (χ4v) is 5.81. The Bertz CT molecular complexity index is 1440. The maximum atomic E-state index is 13.6. The number of alkyl carbamates (subject to hydrolysis) is 1. The van der Waals surface area contributed by atoms with E-state index in [4.69, 9.17) is 9.94 Å². The van der Waals surface area contributed by atoms with Crippen LogP contribution in [0.1, 0.15) is 30.7 Å². The van der Waals surface area contributed by atoms with Gasteiger partial charge >= 0.3 is 6.09 Å². The van der Waals surface area contributed by atoms with Crippen LogP contribution in [-0.2, 0) is 32.6 Å². The van der Waals surface area contributed by atoms with E-state index < -0.39 is 40.7 Å². The maximum absolute atomic E-state index is 13.6. The van der Waals surface area contributed by atoms with Gasteiger partial charge in [-0.1, -0.05) is 67.5 Å². The molecule has 1 heterocycles. The fourth-order valence-electron chi connectivity index (χ4n) is 4.19. The number of sulfonamides is 1. The molecule has 43 heavy (non-hydrogen) atoms. The Kier molecular flexibility index (Phi) is 12.6. The normalized spacial score (nSPS) is 13.1. The SMILES string of the molecule is CC(C)CN(C[C@@H](O)[C@H](Cc1ccccc1)NC(=O)CNC(=O)OCc1ccccn1)S(=O)(=O)c1ccc(/C=N/O)cc1. The smallest absolute Gasteiger partial charge is 0.407 e. The molecule has 1 aromatic heterocycles. The highest BCUT2D eigenvalue weighted by atomic mass is 32.2. The monoisotopic (exact) mass is 611 g/mol. The molecule has 0 bridgehead atoms. The van der Waals surface area contributed by atoms with Crippen molar-refractivity contribution in [2.75, 3.05) is 19.6 Å². The third kappa shape index (κ3) is 10.8. The number of hydrogen-bond acceptors (Lipinski definition) is 9. The second kappa shape index (κ2) is 16.3. The molecule has 3 aromatic rings. The van der Waals surface area contributed by atoms with Crippen LogP contribution in [0.3, 0.4) is 0 Å². The number of aliphatic hydroxyl groups is 1. The first-order chi connectivity index (χ1) is 20.6. The van der Waals surface area contributed by atoms with Crippen molar-refractivity contribution in [1.29, 1.82) is 0 Å². The summed E-state index contributed by atoms with van der Waals surface area (Å²) < 4.78 is 33.5. The van der Waals surface area contributed by atoms with E-state index in [1.54, 1.807) is 24.4 Å². The average Bonchev–Trinajstić information content (AvgIpc) is 2.99. The first-order valence-electron chi connectivity index (χ1n) is 13.7. The van der Waals surface area contributed by atoms with Crippen LogP contribution in [0.4, 0.5) is 4.79 Å². The summed E-state index contributed by atoms with van der Waals surface area (Å²) in [4.78, 5) is 29.0. The van der Waals surface area contributed by atoms with E-state index in [2.05, 4.69) is 20.8 Å². The van der Waals surface area contributed by atoms with E-state index in [-0.39, 0.29) is 36.9 Å². The van der Waals surface area contributed by atoms with Gasteiger partial charge in [-0.05, 0) is 47.7 Å². The lowest BCUT2D eigenvalue weighted by atomic mass is 10.0. The van der Waals surface area contributed by atoms with Gasteiger partial charge in [0.1, 0.15) is 13.2 Å². The number of carbonyl (C=O) groups is 2. The second-order valence-electron chi connectivity index (χ2n) is 10.2. The Balaban J connectivity index is 1.71. The Labute approximate surface area is 251 Å². The summed E-state index contributed by atoms with van der Waals surface area (Å²) in [6.45, 7) is 3.06. The molecule has 2 amide bonds. The lowest BCUT2D eigenvalue weighted by molar-refractivity contribution is -0.121. The molecule has 0 aliphatic heterocycles. The van der Waals surface area contributed by atoms with E-state index in [0.29, 0.717) is 11.3 Å². The van der Waals surface area contributed by atoms with Gasteiger partial charge < -0.3 is 25.7 Å². The van der Waals surface area contributed by atoms with Crippen molar-refractivity contribution in [3.05, 3.63) is 95.8 Å². The highest BCUT2D eigenvalue weighted by Crippen LogP contribution is 2.19. The Hall–Kier alpha value is -4.33. The van der Waals surface area contributed by atoms with Gasteiger partial charge in [-0.25, -0.2) is 13.2 Å². The molecule has 4 N–H and O–H groups in total. The van der Waals surface area contributed by atoms with Gasteiger partial charge in [-0.3, -0.25) is 9.78 Å². The van der Waals surface area contributed by atoms with Crippen LogP contribution in [0.25, 0.3) is 0 Å². The predicted molar refractivity (Wildman–Crippen MR) is 160 cm³/mol. The molecule has 0 fully saturated rings. The topological polar surface area (TPSA) is 171 Å². The number of pyridine rings is 1. The molecule has 0 aliphatic carbocycles. The van der Waals surface area contributed by atoms with Crippen LogP contribution in [0, 0.1) is 5.92 Å². The summed E-state index contributed by atoms with van der Waals surface area (Å²) in [5, 5.41) is 28.1. The summed E-state index contributed by atoms with van der Waals surface area (Å²) in [5.74, 6) is -0.652. The molecule has 0 saturated heterocycles. The number of oxime groups is 1. The van der Waals surface area contributed by atoms with Crippen molar-refractivity contribution < 1.29 is 33.1 Å². The van der Waals surface area contributed by atoms with Gasteiger partial charge in [-0.15, -0.1) is 0 Å². The number of aromatic nitrogens is 1. The van der Waals surface area contributed by atoms with Crippen LogP contribution in [0.2, 0.25) is 0 Å². The standard InChI is InChI=1S/C30H37N5O7S/c1-22(2)19-35(43(40,41)26-13-11-24(12-14-26)17-33-39)20-28(36)27(16-23-8-4-3-5-9-23)34-29(37)18-32-30(38)42-21-25-10-6-7-15-31-25/h3-15,17,22,27-28,36,39H,16,18-21H2,1-2H3,(H,32,38)(H,34,37)/b33-17+/t27-,28+/m0/s1. The summed E-state index contributed by atoms with van der Waals surface area (Å²) >= 11 is 0. The summed E-state index contributed by atoms with van der Waals surface area (Å²) in [7, 11) is -4.03. The molecule has 0 aliphatic rings. The molecule has 0 unspecified atom stereocenters. The van der Waals surface area contributed by atoms with Crippen molar-refractivity contribution in [2.45, 2.75) is 43.9 Å². The van der Waals surface area contributed by atoms with Gasteiger partial charge in [0.2, 0.25) is 15.9 Å². The van der Waals surface area contributed by atoms with Crippen LogP contribution in [0.5, 0.6) is 0 Å². The molecule has 3 rings (SSSR count). The van der Waals surface area contributed by atoms with Gasteiger partial charge in [0.25, 0.3) is 0 Å². The van der Waals surface area contributed by atoms with E-state index in [1.165, 1.54) is 34.8 Å². The van der Waals surface area contributed by atoms with E-state index >= 15 is 0 Å². The Morgan fingerprint density at radius 1 is 1.02 bits per heavy atom. The minimum absolute atomic E-state index is 0.00694.